The Labute approximate surface area is 125 Å². The van der Waals surface area contributed by atoms with E-state index in [1.165, 1.54) is 5.56 Å². The van der Waals surface area contributed by atoms with Crippen molar-refractivity contribution in [3.8, 4) is 0 Å². The monoisotopic (exact) mass is 285 g/mol. The molecule has 2 heterocycles. The zero-order chi connectivity index (χ0) is 14.7. The van der Waals surface area contributed by atoms with Crippen LogP contribution in [0, 0.1) is 0 Å². The van der Waals surface area contributed by atoms with E-state index in [1.807, 2.05) is 17.9 Å². The molecule has 0 saturated carbocycles. The van der Waals surface area contributed by atoms with E-state index in [0.717, 1.165) is 38.2 Å². The molecule has 2 N–H and O–H groups in total. The van der Waals surface area contributed by atoms with E-state index in [0.29, 0.717) is 0 Å². The second-order valence-corrected chi connectivity index (χ2v) is 5.93. The first-order valence-electron chi connectivity index (χ1n) is 7.58. The largest absolute Gasteiger partial charge is 0.381 e. The van der Waals surface area contributed by atoms with Gasteiger partial charge in [-0.25, -0.2) is 0 Å². The summed E-state index contributed by atoms with van der Waals surface area (Å²) in [5.74, 6) is 0. The molecule has 1 saturated heterocycles. The Morgan fingerprint density at radius 3 is 2.57 bits per heavy atom. The van der Waals surface area contributed by atoms with Crippen LogP contribution in [0.1, 0.15) is 24.1 Å². The smallest absolute Gasteiger partial charge is 0.0640 e. The summed E-state index contributed by atoms with van der Waals surface area (Å²) in [6.07, 6.45) is 4.73. The minimum Gasteiger partial charge on any atom is -0.381 e. The van der Waals surface area contributed by atoms with Gasteiger partial charge in [-0.05, 0) is 24.5 Å². The van der Waals surface area contributed by atoms with Gasteiger partial charge in [-0.1, -0.05) is 30.3 Å². The molecule has 1 aromatic heterocycles. The molecule has 4 nitrogen and oxygen atoms in total. The molecule has 3 rings (SSSR count). The van der Waals surface area contributed by atoms with E-state index < -0.39 is 0 Å². The zero-order valence-electron chi connectivity index (χ0n) is 12.5. The molecule has 0 amide bonds. The maximum absolute atomic E-state index is 6.65. The standard InChI is InChI=1S/C17H23N3O/c1-20-10-7-15(19-20)13-16(18)17(8-11-21-12-9-17)14-5-3-2-4-6-14/h2-7,10,16H,8-9,11-13,18H2,1H3. The number of aromatic nitrogens is 2. The summed E-state index contributed by atoms with van der Waals surface area (Å²) in [5, 5.41) is 4.48. The average molecular weight is 285 g/mol. The van der Waals surface area contributed by atoms with Crippen LogP contribution >= 0.6 is 0 Å². The lowest BCUT2D eigenvalue weighted by atomic mass is 9.68. The number of hydrogen-bond acceptors (Lipinski definition) is 3. The highest BCUT2D eigenvalue weighted by Crippen LogP contribution is 2.38. The van der Waals surface area contributed by atoms with E-state index in [1.54, 1.807) is 0 Å². The lowest BCUT2D eigenvalue weighted by Crippen LogP contribution is -2.50. The minimum absolute atomic E-state index is 0.00295. The van der Waals surface area contributed by atoms with Gasteiger partial charge in [0.15, 0.2) is 0 Å². The van der Waals surface area contributed by atoms with Crippen molar-refractivity contribution in [3.05, 3.63) is 53.9 Å². The molecule has 1 atom stereocenters. The van der Waals surface area contributed by atoms with E-state index in [4.69, 9.17) is 10.5 Å². The second kappa shape index (κ2) is 6.00. The van der Waals surface area contributed by atoms with Gasteiger partial charge in [-0.15, -0.1) is 0 Å². The molecular weight excluding hydrogens is 262 g/mol. The predicted octanol–water partition coefficient (Wildman–Crippen LogP) is 2.04. The number of nitrogens with two attached hydrogens (primary N) is 1. The summed E-state index contributed by atoms with van der Waals surface area (Å²) in [6, 6.07) is 12.8. The van der Waals surface area contributed by atoms with Crippen molar-refractivity contribution in [2.24, 2.45) is 12.8 Å². The van der Waals surface area contributed by atoms with Crippen LogP contribution in [0.4, 0.5) is 0 Å². The highest BCUT2D eigenvalue weighted by Gasteiger charge is 2.40. The summed E-state index contributed by atoms with van der Waals surface area (Å²) in [4.78, 5) is 0. The summed E-state index contributed by atoms with van der Waals surface area (Å²) in [7, 11) is 1.94. The molecule has 4 heteroatoms. The Kier molecular flexibility index (Phi) is 4.08. The number of rotatable bonds is 4. The fraction of sp³-hybridized carbons (Fsp3) is 0.471. The molecule has 112 valence electrons. The lowest BCUT2D eigenvalue weighted by molar-refractivity contribution is 0.0398. The van der Waals surface area contributed by atoms with Crippen LogP contribution in [0.15, 0.2) is 42.6 Å². The molecule has 1 aliphatic heterocycles. The van der Waals surface area contributed by atoms with Gasteiger partial charge in [0.05, 0.1) is 5.69 Å². The van der Waals surface area contributed by atoms with Crippen molar-refractivity contribution < 1.29 is 4.74 Å². The number of nitrogens with zero attached hydrogens (tertiary/aromatic N) is 2. The second-order valence-electron chi connectivity index (χ2n) is 5.93. The van der Waals surface area contributed by atoms with Crippen LogP contribution < -0.4 is 5.73 Å². The lowest BCUT2D eigenvalue weighted by Gasteiger charge is -2.42. The highest BCUT2D eigenvalue weighted by molar-refractivity contribution is 5.29. The quantitative estimate of drug-likeness (QED) is 0.935. The summed E-state index contributed by atoms with van der Waals surface area (Å²) in [5.41, 5.74) is 9.04. The molecular formula is C17H23N3O. The van der Waals surface area contributed by atoms with E-state index >= 15 is 0 Å². The van der Waals surface area contributed by atoms with Crippen molar-refractivity contribution in [1.29, 1.82) is 0 Å². The third-order valence-electron chi connectivity index (χ3n) is 4.64. The van der Waals surface area contributed by atoms with Gasteiger partial charge in [0.1, 0.15) is 0 Å². The van der Waals surface area contributed by atoms with Crippen LogP contribution in [0.25, 0.3) is 0 Å². The zero-order valence-corrected chi connectivity index (χ0v) is 12.5. The van der Waals surface area contributed by atoms with Gasteiger partial charge >= 0.3 is 0 Å². The average Bonchev–Trinajstić information content (AvgIpc) is 2.94. The Bertz CT molecular complexity index is 573. The molecule has 0 radical (unpaired) electrons. The fourth-order valence-electron chi connectivity index (χ4n) is 3.37. The van der Waals surface area contributed by atoms with Crippen LogP contribution in [-0.2, 0) is 23.6 Å². The fourth-order valence-corrected chi connectivity index (χ4v) is 3.37. The molecule has 1 aliphatic rings. The first-order valence-corrected chi connectivity index (χ1v) is 7.58. The molecule has 0 spiro atoms. The summed E-state index contributed by atoms with van der Waals surface area (Å²) < 4.78 is 7.41. The number of hydrogen-bond donors (Lipinski definition) is 1. The number of aryl methyl sites for hydroxylation is 1. The van der Waals surface area contributed by atoms with E-state index in [9.17, 15) is 0 Å². The molecule has 1 unspecified atom stereocenters. The highest BCUT2D eigenvalue weighted by atomic mass is 16.5. The number of benzene rings is 1. The molecule has 0 bridgehead atoms. The third kappa shape index (κ3) is 2.87. The topological polar surface area (TPSA) is 53.1 Å². The Hall–Kier alpha value is -1.65. The third-order valence-corrected chi connectivity index (χ3v) is 4.64. The SMILES string of the molecule is Cn1ccc(CC(N)C2(c3ccccc3)CCOCC2)n1. The van der Waals surface area contributed by atoms with E-state index in [2.05, 4.69) is 41.5 Å². The van der Waals surface area contributed by atoms with Crippen LogP contribution in [0.3, 0.4) is 0 Å². The van der Waals surface area contributed by atoms with Crippen molar-refractivity contribution >= 4 is 0 Å². The van der Waals surface area contributed by atoms with E-state index in [-0.39, 0.29) is 11.5 Å². The van der Waals surface area contributed by atoms with Gasteiger partial charge in [-0.2, -0.15) is 5.10 Å². The maximum Gasteiger partial charge on any atom is 0.0640 e. The predicted molar refractivity (Wildman–Crippen MR) is 83.1 cm³/mol. The van der Waals surface area contributed by atoms with Crippen LogP contribution in [-0.4, -0.2) is 29.0 Å². The van der Waals surface area contributed by atoms with Gasteiger partial charge in [-0.3, -0.25) is 4.68 Å². The molecule has 1 fully saturated rings. The van der Waals surface area contributed by atoms with Gasteiger partial charge in [0.2, 0.25) is 0 Å². The Morgan fingerprint density at radius 2 is 1.95 bits per heavy atom. The van der Waals surface area contributed by atoms with Crippen molar-refractivity contribution in [2.45, 2.75) is 30.7 Å². The number of ether oxygens (including phenoxy) is 1. The van der Waals surface area contributed by atoms with Crippen LogP contribution in [0.2, 0.25) is 0 Å². The summed E-state index contributed by atoms with van der Waals surface area (Å²) >= 11 is 0. The minimum atomic E-state index is -0.00295. The van der Waals surface area contributed by atoms with Crippen molar-refractivity contribution in [1.82, 2.24) is 9.78 Å². The molecule has 21 heavy (non-hydrogen) atoms. The maximum atomic E-state index is 6.65. The molecule has 1 aromatic carbocycles. The van der Waals surface area contributed by atoms with Crippen LogP contribution in [0.5, 0.6) is 0 Å². The molecule has 0 aliphatic carbocycles. The van der Waals surface area contributed by atoms with Gasteiger partial charge in [0.25, 0.3) is 0 Å². The Morgan fingerprint density at radius 1 is 1.24 bits per heavy atom. The van der Waals surface area contributed by atoms with Gasteiger partial charge < -0.3 is 10.5 Å². The molecule has 2 aromatic rings. The van der Waals surface area contributed by atoms with Crippen molar-refractivity contribution in [3.63, 3.8) is 0 Å². The normalized spacial score (nSPS) is 19.3. The Balaban J connectivity index is 1.88. The first kappa shape index (κ1) is 14.3. The van der Waals surface area contributed by atoms with Gasteiger partial charge in [0, 0.05) is 44.3 Å². The summed E-state index contributed by atoms with van der Waals surface area (Å²) in [6.45, 7) is 1.57. The first-order chi connectivity index (χ1) is 10.2. The van der Waals surface area contributed by atoms with Crippen molar-refractivity contribution in [2.75, 3.05) is 13.2 Å².